The molecule has 0 aliphatic carbocycles. The normalized spacial score (nSPS) is 18.0. The molecule has 0 saturated carbocycles. The van der Waals surface area contributed by atoms with Crippen molar-refractivity contribution in [3.8, 4) is 0 Å². The first kappa shape index (κ1) is 30.0. The largest absolute Gasteiger partial charge is 0.385 e. The van der Waals surface area contributed by atoms with Crippen molar-refractivity contribution in [3.05, 3.63) is 87.0 Å². The Bertz CT molecular complexity index is 1740. The van der Waals surface area contributed by atoms with Crippen LogP contribution in [0.5, 0.6) is 0 Å². The molecule has 224 valence electrons. The summed E-state index contributed by atoms with van der Waals surface area (Å²) in [5.41, 5.74) is 3.70. The van der Waals surface area contributed by atoms with E-state index in [2.05, 4.69) is 15.0 Å². The first-order chi connectivity index (χ1) is 20.0. The highest BCUT2D eigenvalue weighted by molar-refractivity contribution is 7.85. The predicted octanol–water partition coefficient (Wildman–Crippen LogP) is 4.32. The van der Waals surface area contributed by atoms with E-state index in [4.69, 9.17) is 9.08 Å². The first-order valence-electron chi connectivity index (χ1n) is 14.1. The Hall–Kier alpha value is -3.45. The molecule has 6 rings (SSSR count). The zero-order valence-corrected chi connectivity index (χ0v) is 24.5. The van der Waals surface area contributed by atoms with E-state index in [0.717, 1.165) is 66.8 Å². The molecule has 1 atom stereocenters. The molecule has 2 aliphatic heterocycles. The lowest BCUT2D eigenvalue weighted by atomic mass is 9.91. The second kappa shape index (κ2) is 12.4. The summed E-state index contributed by atoms with van der Waals surface area (Å²) in [6.45, 7) is 6.89. The van der Waals surface area contributed by atoms with Crippen LogP contribution in [0.3, 0.4) is 0 Å². The minimum Gasteiger partial charge on any atom is -0.385 e. The van der Waals surface area contributed by atoms with Crippen LogP contribution in [0.25, 0.3) is 11.0 Å². The second-order valence-corrected chi connectivity index (χ2v) is 12.4. The molecule has 4 heterocycles. The van der Waals surface area contributed by atoms with Gasteiger partial charge in [0.1, 0.15) is 17.7 Å². The van der Waals surface area contributed by atoms with Gasteiger partial charge in [-0.05, 0) is 88.9 Å². The molecule has 2 aliphatic rings. The van der Waals surface area contributed by atoms with E-state index >= 15 is 0 Å². The van der Waals surface area contributed by atoms with Crippen molar-refractivity contribution in [3.63, 3.8) is 0 Å². The van der Waals surface area contributed by atoms with Crippen LogP contribution in [0.2, 0.25) is 0 Å². The van der Waals surface area contributed by atoms with E-state index in [9.17, 15) is 22.7 Å². The maximum atomic E-state index is 13.4. The number of nitrogens with zero attached hydrogens (tertiary/aromatic N) is 4. The Labute approximate surface area is 243 Å². The van der Waals surface area contributed by atoms with Crippen molar-refractivity contribution in [2.24, 2.45) is 0 Å². The molecule has 2 N–H and O–H groups in total. The fourth-order valence-corrected chi connectivity index (χ4v) is 6.34. The molecule has 0 spiro atoms. The van der Waals surface area contributed by atoms with Crippen LogP contribution in [0.15, 0.2) is 56.7 Å². The van der Waals surface area contributed by atoms with Crippen molar-refractivity contribution in [1.82, 2.24) is 19.6 Å². The van der Waals surface area contributed by atoms with E-state index in [1.165, 1.54) is 24.3 Å². The third-order valence-electron chi connectivity index (χ3n) is 8.06. The molecule has 0 bridgehead atoms. The summed E-state index contributed by atoms with van der Waals surface area (Å²) in [6.07, 6.45) is 3.38. The van der Waals surface area contributed by atoms with Crippen molar-refractivity contribution >= 4 is 21.1 Å². The van der Waals surface area contributed by atoms with Crippen LogP contribution in [0.1, 0.15) is 66.0 Å². The minimum absolute atomic E-state index is 0.00237. The summed E-state index contributed by atoms with van der Waals surface area (Å²) in [4.78, 5) is 19.8. The molecule has 0 radical (unpaired) electrons. The Morgan fingerprint density at radius 1 is 1.07 bits per heavy atom. The highest BCUT2D eigenvalue weighted by Crippen LogP contribution is 2.33. The Morgan fingerprint density at radius 2 is 1.83 bits per heavy atom. The number of benzene rings is 2. The van der Waals surface area contributed by atoms with Gasteiger partial charge in [-0.15, -0.1) is 0 Å². The fourth-order valence-electron chi connectivity index (χ4n) is 5.75. The summed E-state index contributed by atoms with van der Waals surface area (Å²) < 4.78 is 50.0. The molecule has 2 aromatic carbocycles. The van der Waals surface area contributed by atoms with Gasteiger partial charge in [-0.2, -0.15) is 8.42 Å². The molecular weight excluding hydrogens is 563 g/mol. The van der Waals surface area contributed by atoms with Gasteiger partial charge in [0.2, 0.25) is 0 Å². The number of piperidine rings is 1. The summed E-state index contributed by atoms with van der Waals surface area (Å²) >= 11 is 0. The van der Waals surface area contributed by atoms with E-state index in [0.29, 0.717) is 36.7 Å². The van der Waals surface area contributed by atoms with Gasteiger partial charge < -0.3 is 14.5 Å². The average Bonchev–Trinajstić information content (AvgIpc) is 3.37. The van der Waals surface area contributed by atoms with Crippen LogP contribution in [0, 0.1) is 19.7 Å². The lowest BCUT2D eigenvalue weighted by molar-refractivity contribution is 0.129. The van der Waals surface area contributed by atoms with Crippen LogP contribution in [-0.4, -0.2) is 57.3 Å². The van der Waals surface area contributed by atoms with Gasteiger partial charge in [0, 0.05) is 41.7 Å². The van der Waals surface area contributed by atoms with Gasteiger partial charge in [0.05, 0.1) is 10.6 Å². The van der Waals surface area contributed by atoms with Crippen LogP contribution in [-0.2, 0) is 23.1 Å². The molecular formula is C30H35FN4O6S. The highest BCUT2D eigenvalue weighted by atomic mass is 32.2. The Kier molecular flexibility index (Phi) is 8.88. The molecule has 4 aromatic rings. The standard InChI is InChI=1S/C23H27FN4O3.C7H8O3S/c1-14-17(23(30)28-9-2-3-19(29)22(28)25-14)8-12-27-10-6-15(7-11-27)21-18-5-4-16(24)13-20(18)31-26-21;1-6-3-2-4-7(5-6)11(8,9)10/h4-5,13,15,19,29H,2-3,6-12H2,1H3;2-5H,1H3,(H,8,9,10). The number of hydrogen-bond acceptors (Lipinski definition) is 8. The number of rotatable bonds is 5. The molecule has 1 fully saturated rings. The third kappa shape index (κ3) is 6.62. The quantitative estimate of drug-likeness (QED) is 0.322. The first-order valence-corrected chi connectivity index (χ1v) is 15.5. The van der Waals surface area contributed by atoms with Gasteiger partial charge in [0.25, 0.3) is 15.7 Å². The van der Waals surface area contributed by atoms with Crippen molar-refractivity contribution in [2.45, 2.75) is 69.4 Å². The number of aryl methyl sites for hydroxylation is 2. The summed E-state index contributed by atoms with van der Waals surface area (Å²) in [5.74, 6) is 0.489. The van der Waals surface area contributed by atoms with Crippen LogP contribution < -0.4 is 5.56 Å². The van der Waals surface area contributed by atoms with E-state index in [1.54, 1.807) is 29.7 Å². The Balaban J connectivity index is 0.000000271. The number of hydrogen-bond donors (Lipinski definition) is 2. The van der Waals surface area contributed by atoms with Gasteiger partial charge in [-0.1, -0.05) is 17.3 Å². The summed E-state index contributed by atoms with van der Waals surface area (Å²) in [5, 5.41) is 15.3. The van der Waals surface area contributed by atoms with E-state index in [-0.39, 0.29) is 16.3 Å². The lowest BCUT2D eigenvalue weighted by Crippen LogP contribution is -2.37. The zero-order chi connectivity index (χ0) is 30.0. The van der Waals surface area contributed by atoms with Crippen LogP contribution in [0.4, 0.5) is 4.39 Å². The summed E-state index contributed by atoms with van der Waals surface area (Å²) in [7, 11) is -4.03. The highest BCUT2D eigenvalue weighted by Gasteiger charge is 2.27. The van der Waals surface area contributed by atoms with E-state index in [1.807, 2.05) is 6.92 Å². The molecule has 1 unspecified atom stereocenters. The number of aliphatic hydroxyl groups excluding tert-OH is 1. The second-order valence-electron chi connectivity index (χ2n) is 11.0. The van der Waals surface area contributed by atoms with Gasteiger partial charge >= 0.3 is 0 Å². The van der Waals surface area contributed by atoms with Gasteiger partial charge in [-0.3, -0.25) is 13.9 Å². The number of fused-ring (bicyclic) bond motifs is 2. The molecule has 42 heavy (non-hydrogen) atoms. The third-order valence-corrected chi connectivity index (χ3v) is 8.91. The zero-order valence-electron chi connectivity index (χ0n) is 23.7. The molecule has 0 amide bonds. The number of aliphatic hydroxyl groups is 1. The topological polar surface area (TPSA) is 139 Å². The van der Waals surface area contributed by atoms with Crippen LogP contribution >= 0.6 is 0 Å². The van der Waals surface area contributed by atoms with Crippen molar-refractivity contribution < 1.29 is 27.0 Å². The predicted molar refractivity (Wildman–Crippen MR) is 155 cm³/mol. The SMILES string of the molecule is Cc1cccc(S(=O)(=O)O)c1.Cc1nc2n(c(=O)c1CCN1CCC(c3noc4cc(F)ccc34)CC1)CCCC2O. The number of likely N-dealkylation sites (tertiary alicyclic amines) is 1. The van der Waals surface area contributed by atoms with Crippen molar-refractivity contribution in [2.75, 3.05) is 19.6 Å². The smallest absolute Gasteiger partial charge is 0.294 e. The molecule has 2 aromatic heterocycles. The Morgan fingerprint density at radius 3 is 2.52 bits per heavy atom. The lowest BCUT2D eigenvalue weighted by Gasteiger charge is -2.31. The maximum Gasteiger partial charge on any atom is 0.294 e. The average molecular weight is 599 g/mol. The van der Waals surface area contributed by atoms with E-state index < -0.39 is 16.2 Å². The fraction of sp³-hybridized carbons (Fsp3) is 0.433. The van der Waals surface area contributed by atoms with Crippen molar-refractivity contribution in [1.29, 1.82) is 0 Å². The summed E-state index contributed by atoms with van der Waals surface area (Å²) in [6, 6.07) is 10.7. The number of halogens is 1. The minimum atomic E-state index is -4.03. The molecule has 1 saturated heterocycles. The molecule has 10 nitrogen and oxygen atoms in total. The van der Waals surface area contributed by atoms with Gasteiger partial charge in [0.15, 0.2) is 5.58 Å². The van der Waals surface area contributed by atoms with Gasteiger partial charge in [-0.25, -0.2) is 9.37 Å². The monoisotopic (exact) mass is 598 g/mol. The maximum absolute atomic E-state index is 13.4. The number of aromatic nitrogens is 3. The molecule has 12 heteroatoms.